The van der Waals surface area contributed by atoms with Crippen LogP contribution in [0.1, 0.15) is 23.2 Å². The third-order valence-electron chi connectivity index (χ3n) is 4.76. The summed E-state index contributed by atoms with van der Waals surface area (Å²) >= 11 is 0. The van der Waals surface area contributed by atoms with Crippen molar-refractivity contribution in [1.82, 2.24) is 9.88 Å². The fourth-order valence-corrected chi connectivity index (χ4v) is 3.50. The minimum atomic E-state index is -0.188. The topological polar surface area (TPSA) is 60.9 Å². The monoisotopic (exact) mass is 354 g/mol. The molecule has 2 saturated heterocycles. The average Bonchev–Trinajstić information content (AvgIpc) is 3.24. The molecule has 6 heteroatoms. The highest BCUT2D eigenvalue weighted by Crippen LogP contribution is 2.29. The summed E-state index contributed by atoms with van der Waals surface area (Å²) in [6.45, 7) is 2.65. The van der Waals surface area contributed by atoms with E-state index >= 15 is 0 Å². The Balaban J connectivity index is 1.50. The van der Waals surface area contributed by atoms with Gasteiger partial charge in [0.15, 0.2) is 6.29 Å². The molecule has 1 atom stereocenters. The molecule has 1 aromatic heterocycles. The first-order chi connectivity index (χ1) is 12.8. The maximum absolute atomic E-state index is 13.1. The van der Waals surface area contributed by atoms with E-state index in [1.54, 1.807) is 24.5 Å². The lowest BCUT2D eigenvalue weighted by Crippen LogP contribution is -2.43. The van der Waals surface area contributed by atoms with Gasteiger partial charge in [-0.3, -0.25) is 9.78 Å². The first-order valence-electron chi connectivity index (χ1n) is 9.00. The highest BCUT2D eigenvalue weighted by molar-refractivity contribution is 5.97. The van der Waals surface area contributed by atoms with Gasteiger partial charge in [-0.2, -0.15) is 0 Å². The quantitative estimate of drug-likeness (QED) is 0.844. The molecule has 2 fully saturated rings. The van der Waals surface area contributed by atoms with Gasteiger partial charge >= 0.3 is 0 Å². The van der Waals surface area contributed by atoms with Crippen LogP contribution in [0.5, 0.6) is 11.5 Å². The fourth-order valence-electron chi connectivity index (χ4n) is 3.50. The van der Waals surface area contributed by atoms with Crippen molar-refractivity contribution in [3.05, 3.63) is 54.4 Å². The number of piperidine rings is 1. The standard InChI is InChI=1S/C20H22N2O4/c23-19(22-10-4-5-15(14-22)20-24-11-12-25-20)17-7-1-2-8-18(17)26-16-6-3-9-21-13-16/h1-3,6-9,13,15,20H,4-5,10-12,14H2. The summed E-state index contributed by atoms with van der Waals surface area (Å²) in [4.78, 5) is 19.1. The number of carbonyl (C=O) groups excluding carboxylic acids is 1. The fraction of sp³-hybridized carbons (Fsp3) is 0.400. The summed E-state index contributed by atoms with van der Waals surface area (Å²) in [5.41, 5.74) is 0.560. The number of hydrogen-bond donors (Lipinski definition) is 0. The molecule has 3 heterocycles. The van der Waals surface area contributed by atoms with Crippen molar-refractivity contribution in [2.75, 3.05) is 26.3 Å². The smallest absolute Gasteiger partial charge is 0.257 e. The van der Waals surface area contributed by atoms with E-state index in [1.807, 2.05) is 29.2 Å². The van der Waals surface area contributed by atoms with Crippen molar-refractivity contribution in [2.24, 2.45) is 5.92 Å². The molecular formula is C20H22N2O4. The third-order valence-corrected chi connectivity index (χ3v) is 4.76. The molecule has 2 aliphatic rings. The Labute approximate surface area is 152 Å². The number of hydrogen-bond acceptors (Lipinski definition) is 5. The molecule has 2 aromatic rings. The first kappa shape index (κ1) is 17.0. The molecule has 6 nitrogen and oxygen atoms in total. The molecule has 1 amide bonds. The summed E-state index contributed by atoms with van der Waals surface area (Å²) in [7, 11) is 0. The van der Waals surface area contributed by atoms with Crippen molar-refractivity contribution in [2.45, 2.75) is 19.1 Å². The summed E-state index contributed by atoms with van der Waals surface area (Å²) in [5, 5.41) is 0. The van der Waals surface area contributed by atoms with Crippen LogP contribution in [-0.4, -0.2) is 48.4 Å². The van der Waals surface area contributed by atoms with Crippen LogP contribution in [-0.2, 0) is 9.47 Å². The first-order valence-corrected chi connectivity index (χ1v) is 9.00. The Kier molecular flexibility index (Phi) is 5.13. The number of benzene rings is 1. The van der Waals surface area contributed by atoms with Gasteiger partial charge in [0.2, 0.25) is 0 Å². The molecule has 0 saturated carbocycles. The zero-order valence-electron chi connectivity index (χ0n) is 14.5. The largest absolute Gasteiger partial charge is 0.455 e. The summed E-state index contributed by atoms with van der Waals surface area (Å²) < 4.78 is 17.2. The SMILES string of the molecule is O=C(c1ccccc1Oc1cccnc1)N1CCCC(C2OCCO2)C1. The Bertz CT molecular complexity index is 746. The molecular weight excluding hydrogens is 332 g/mol. The molecule has 136 valence electrons. The number of rotatable bonds is 4. The maximum Gasteiger partial charge on any atom is 0.257 e. The lowest BCUT2D eigenvalue weighted by Gasteiger charge is -2.35. The normalized spacial score (nSPS) is 20.9. The Morgan fingerprint density at radius 2 is 2.00 bits per heavy atom. The third kappa shape index (κ3) is 3.71. The number of ether oxygens (including phenoxy) is 3. The number of carbonyl (C=O) groups is 1. The van der Waals surface area contributed by atoms with Crippen LogP contribution < -0.4 is 4.74 Å². The van der Waals surface area contributed by atoms with E-state index in [9.17, 15) is 4.79 Å². The second-order valence-electron chi connectivity index (χ2n) is 6.55. The van der Waals surface area contributed by atoms with Gasteiger partial charge in [-0.25, -0.2) is 0 Å². The number of likely N-dealkylation sites (tertiary alicyclic amines) is 1. The van der Waals surface area contributed by atoms with Crippen molar-refractivity contribution >= 4 is 5.91 Å². The van der Waals surface area contributed by atoms with Gasteiger partial charge in [0, 0.05) is 25.2 Å². The average molecular weight is 354 g/mol. The highest BCUT2D eigenvalue weighted by atomic mass is 16.7. The van der Waals surface area contributed by atoms with Crippen LogP contribution in [0.25, 0.3) is 0 Å². The van der Waals surface area contributed by atoms with Gasteiger partial charge in [-0.15, -0.1) is 0 Å². The van der Waals surface area contributed by atoms with E-state index in [4.69, 9.17) is 14.2 Å². The molecule has 1 unspecified atom stereocenters. The lowest BCUT2D eigenvalue weighted by molar-refractivity contribution is -0.0969. The van der Waals surface area contributed by atoms with E-state index in [-0.39, 0.29) is 18.1 Å². The molecule has 0 radical (unpaired) electrons. The zero-order chi connectivity index (χ0) is 17.8. The van der Waals surface area contributed by atoms with Gasteiger partial charge in [-0.1, -0.05) is 12.1 Å². The summed E-state index contributed by atoms with van der Waals surface area (Å²) in [6.07, 6.45) is 5.10. The van der Waals surface area contributed by atoms with Crippen molar-refractivity contribution in [1.29, 1.82) is 0 Å². The van der Waals surface area contributed by atoms with Crippen molar-refractivity contribution in [3.63, 3.8) is 0 Å². The molecule has 1 aromatic carbocycles. The summed E-state index contributed by atoms with van der Waals surface area (Å²) in [5.74, 6) is 1.35. The number of amides is 1. The molecule has 26 heavy (non-hydrogen) atoms. The molecule has 0 spiro atoms. The number of nitrogens with zero attached hydrogens (tertiary/aromatic N) is 2. The van der Waals surface area contributed by atoms with Crippen LogP contribution >= 0.6 is 0 Å². The predicted molar refractivity (Wildman–Crippen MR) is 95.1 cm³/mol. The van der Waals surface area contributed by atoms with Crippen molar-refractivity contribution < 1.29 is 19.0 Å². The molecule has 4 rings (SSSR count). The van der Waals surface area contributed by atoms with Gasteiger partial charge in [0.05, 0.1) is 25.0 Å². The molecule has 0 bridgehead atoms. The minimum Gasteiger partial charge on any atom is -0.455 e. The van der Waals surface area contributed by atoms with Gasteiger partial charge in [0.1, 0.15) is 11.5 Å². The van der Waals surface area contributed by atoms with E-state index in [0.29, 0.717) is 36.8 Å². The summed E-state index contributed by atoms with van der Waals surface area (Å²) in [6, 6.07) is 11.0. The minimum absolute atomic E-state index is 0.0211. The van der Waals surface area contributed by atoms with Crippen LogP contribution in [0.3, 0.4) is 0 Å². The van der Waals surface area contributed by atoms with E-state index in [0.717, 1.165) is 19.4 Å². The Hall–Kier alpha value is -2.44. The molecule has 0 aliphatic carbocycles. The predicted octanol–water partition coefficient (Wildman–Crippen LogP) is 3.10. The van der Waals surface area contributed by atoms with E-state index in [1.165, 1.54) is 0 Å². The number of aromatic nitrogens is 1. The molecule has 0 N–H and O–H groups in total. The second-order valence-corrected chi connectivity index (χ2v) is 6.55. The highest BCUT2D eigenvalue weighted by Gasteiger charge is 2.33. The van der Waals surface area contributed by atoms with Crippen LogP contribution in [0, 0.1) is 5.92 Å². The molecule has 2 aliphatic heterocycles. The zero-order valence-corrected chi connectivity index (χ0v) is 14.5. The van der Waals surface area contributed by atoms with Gasteiger partial charge in [0.25, 0.3) is 5.91 Å². The Morgan fingerprint density at radius 1 is 1.15 bits per heavy atom. The van der Waals surface area contributed by atoms with Gasteiger partial charge < -0.3 is 19.1 Å². The second kappa shape index (κ2) is 7.85. The van der Waals surface area contributed by atoms with Crippen LogP contribution in [0.4, 0.5) is 0 Å². The van der Waals surface area contributed by atoms with E-state index in [2.05, 4.69) is 4.98 Å². The van der Waals surface area contributed by atoms with Crippen molar-refractivity contribution in [3.8, 4) is 11.5 Å². The number of para-hydroxylation sites is 1. The lowest BCUT2D eigenvalue weighted by atomic mass is 9.96. The maximum atomic E-state index is 13.1. The van der Waals surface area contributed by atoms with Crippen LogP contribution in [0.15, 0.2) is 48.8 Å². The van der Waals surface area contributed by atoms with E-state index < -0.39 is 0 Å². The number of pyridine rings is 1. The Morgan fingerprint density at radius 3 is 2.81 bits per heavy atom. The van der Waals surface area contributed by atoms with Crippen LogP contribution in [0.2, 0.25) is 0 Å². The van der Waals surface area contributed by atoms with Gasteiger partial charge in [-0.05, 0) is 37.1 Å².